The van der Waals surface area contributed by atoms with E-state index in [0.717, 1.165) is 37.8 Å². The van der Waals surface area contributed by atoms with Crippen molar-refractivity contribution in [2.75, 3.05) is 5.32 Å². The predicted molar refractivity (Wildman–Crippen MR) is 115 cm³/mol. The first kappa shape index (κ1) is 18.4. The lowest BCUT2D eigenvalue weighted by Gasteiger charge is -2.19. The maximum absolute atomic E-state index is 12.9. The van der Waals surface area contributed by atoms with Crippen LogP contribution in [0.4, 0.5) is 5.13 Å². The molecule has 4 aromatic rings. The number of hydrogen-bond donors (Lipinski definition) is 1. The molecule has 2 aromatic carbocycles. The van der Waals surface area contributed by atoms with E-state index in [2.05, 4.69) is 10.3 Å². The molecule has 4 rings (SSSR count). The molecule has 1 unspecified atom stereocenters. The van der Waals surface area contributed by atoms with Gasteiger partial charge in [-0.2, -0.15) is 0 Å². The highest BCUT2D eigenvalue weighted by Gasteiger charge is 2.21. The average molecular weight is 391 g/mol. The van der Waals surface area contributed by atoms with Crippen LogP contribution < -0.4 is 10.9 Å². The number of aromatic nitrogens is 2. The van der Waals surface area contributed by atoms with E-state index in [0.29, 0.717) is 5.13 Å². The second kappa shape index (κ2) is 6.87. The first-order valence-corrected chi connectivity index (χ1v) is 9.96. The number of amides is 1. The minimum atomic E-state index is -0.662. The number of pyridine rings is 1. The van der Waals surface area contributed by atoms with Crippen molar-refractivity contribution >= 4 is 43.5 Å². The Hall–Kier alpha value is -2.99. The van der Waals surface area contributed by atoms with Crippen molar-refractivity contribution in [3.05, 3.63) is 69.5 Å². The van der Waals surface area contributed by atoms with Crippen molar-refractivity contribution in [1.29, 1.82) is 0 Å². The normalized spacial score (nSPS) is 12.4. The Morgan fingerprint density at radius 3 is 2.68 bits per heavy atom. The minimum absolute atomic E-state index is 0.179. The number of thiazole rings is 1. The standard InChI is InChI=1S/C22H21N3O2S/c1-12-8-9-17-18(10-12)28-22(23-17)24-21(27)15(4)25-19(26)11-14(3)16-7-5-6-13(2)20(16)25/h5-11,15H,1-4H3,(H,23,24,27). The minimum Gasteiger partial charge on any atom is -0.300 e. The molecule has 28 heavy (non-hydrogen) atoms. The van der Waals surface area contributed by atoms with Crippen LogP contribution in [-0.2, 0) is 4.79 Å². The molecule has 0 saturated carbocycles. The van der Waals surface area contributed by atoms with Crippen LogP contribution in [0.3, 0.4) is 0 Å². The number of benzene rings is 2. The van der Waals surface area contributed by atoms with Gasteiger partial charge in [0.05, 0.1) is 15.7 Å². The summed E-state index contributed by atoms with van der Waals surface area (Å²) in [7, 11) is 0. The lowest BCUT2D eigenvalue weighted by molar-refractivity contribution is -0.118. The van der Waals surface area contributed by atoms with Gasteiger partial charge in [-0.05, 0) is 56.5 Å². The SMILES string of the molecule is Cc1ccc2nc(NC(=O)C(C)n3c(=O)cc(C)c4cccc(C)c43)sc2c1. The van der Waals surface area contributed by atoms with E-state index in [4.69, 9.17) is 0 Å². The second-order valence-electron chi connectivity index (χ2n) is 7.16. The molecule has 0 saturated heterocycles. The molecule has 2 aromatic heterocycles. The first-order chi connectivity index (χ1) is 13.3. The summed E-state index contributed by atoms with van der Waals surface area (Å²) in [6, 6.07) is 12.8. The number of aryl methyl sites for hydroxylation is 3. The summed E-state index contributed by atoms with van der Waals surface area (Å²) in [5.41, 5.74) is 4.50. The zero-order chi connectivity index (χ0) is 20.0. The molecule has 142 valence electrons. The van der Waals surface area contributed by atoms with E-state index < -0.39 is 6.04 Å². The maximum atomic E-state index is 12.9. The summed E-state index contributed by atoms with van der Waals surface area (Å²) in [5, 5.41) is 4.41. The van der Waals surface area contributed by atoms with Gasteiger partial charge in [0, 0.05) is 11.5 Å². The average Bonchev–Trinajstić information content (AvgIpc) is 3.03. The van der Waals surface area contributed by atoms with Crippen LogP contribution in [-0.4, -0.2) is 15.5 Å². The number of nitrogens with zero attached hydrogens (tertiary/aromatic N) is 2. The lowest BCUT2D eigenvalue weighted by Crippen LogP contribution is -2.32. The van der Waals surface area contributed by atoms with Gasteiger partial charge in [-0.1, -0.05) is 35.6 Å². The molecule has 0 fully saturated rings. The van der Waals surface area contributed by atoms with Gasteiger partial charge in [0.1, 0.15) is 6.04 Å². The Kier molecular flexibility index (Phi) is 4.51. The largest absolute Gasteiger partial charge is 0.300 e. The second-order valence-corrected chi connectivity index (χ2v) is 8.19. The summed E-state index contributed by atoms with van der Waals surface area (Å²) < 4.78 is 2.60. The zero-order valence-electron chi connectivity index (χ0n) is 16.2. The third-order valence-corrected chi connectivity index (χ3v) is 5.96. The Morgan fingerprint density at radius 1 is 1.11 bits per heavy atom. The van der Waals surface area contributed by atoms with Crippen molar-refractivity contribution < 1.29 is 4.79 Å². The van der Waals surface area contributed by atoms with Gasteiger partial charge in [-0.25, -0.2) is 4.98 Å². The molecule has 1 N–H and O–H groups in total. The van der Waals surface area contributed by atoms with E-state index in [1.165, 1.54) is 11.3 Å². The van der Waals surface area contributed by atoms with Crippen molar-refractivity contribution in [2.24, 2.45) is 0 Å². The molecule has 0 radical (unpaired) electrons. The fourth-order valence-electron chi connectivity index (χ4n) is 3.54. The molecule has 0 spiro atoms. The molecule has 0 aliphatic heterocycles. The van der Waals surface area contributed by atoms with E-state index in [1.807, 2.05) is 57.2 Å². The van der Waals surface area contributed by atoms with Crippen LogP contribution in [0.1, 0.15) is 29.7 Å². The highest BCUT2D eigenvalue weighted by atomic mass is 32.1. The number of hydrogen-bond acceptors (Lipinski definition) is 4. The maximum Gasteiger partial charge on any atom is 0.252 e. The van der Waals surface area contributed by atoms with Gasteiger partial charge in [-0.15, -0.1) is 0 Å². The number of para-hydroxylation sites is 1. The lowest BCUT2D eigenvalue weighted by atomic mass is 10.1. The number of carbonyl (C=O) groups is 1. The van der Waals surface area contributed by atoms with Crippen LogP contribution in [0, 0.1) is 20.8 Å². The molecule has 1 amide bonds. The van der Waals surface area contributed by atoms with Gasteiger partial charge in [0.2, 0.25) is 5.91 Å². The third kappa shape index (κ3) is 3.10. The summed E-state index contributed by atoms with van der Waals surface area (Å²) in [4.78, 5) is 30.2. The van der Waals surface area contributed by atoms with Crippen LogP contribution in [0.5, 0.6) is 0 Å². The molecular weight excluding hydrogens is 370 g/mol. The van der Waals surface area contributed by atoms with Crippen LogP contribution in [0.15, 0.2) is 47.3 Å². The van der Waals surface area contributed by atoms with Gasteiger partial charge in [0.25, 0.3) is 5.56 Å². The Labute approximate surface area is 166 Å². The summed E-state index contributed by atoms with van der Waals surface area (Å²) in [6.07, 6.45) is 0. The van der Waals surface area contributed by atoms with Crippen molar-refractivity contribution in [3.8, 4) is 0 Å². The predicted octanol–water partition coefficient (Wildman–Crippen LogP) is 4.74. The van der Waals surface area contributed by atoms with E-state index in [-0.39, 0.29) is 11.5 Å². The molecular formula is C22H21N3O2S. The van der Waals surface area contributed by atoms with Gasteiger partial charge < -0.3 is 5.32 Å². The number of nitrogens with one attached hydrogen (secondary N) is 1. The summed E-state index contributed by atoms with van der Waals surface area (Å²) >= 11 is 1.44. The van der Waals surface area contributed by atoms with Crippen LogP contribution in [0.25, 0.3) is 21.1 Å². The van der Waals surface area contributed by atoms with Gasteiger partial charge in [-0.3, -0.25) is 14.2 Å². The fraction of sp³-hybridized carbons (Fsp3) is 0.227. The fourth-order valence-corrected chi connectivity index (χ4v) is 4.50. The number of anilines is 1. The zero-order valence-corrected chi connectivity index (χ0v) is 17.1. The van der Waals surface area contributed by atoms with Crippen molar-refractivity contribution in [2.45, 2.75) is 33.7 Å². The molecule has 0 bridgehead atoms. The first-order valence-electron chi connectivity index (χ1n) is 9.14. The molecule has 6 heteroatoms. The van der Waals surface area contributed by atoms with Gasteiger partial charge >= 0.3 is 0 Å². The Morgan fingerprint density at radius 2 is 1.89 bits per heavy atom. The molecule has 0 aliphatic carbocycles. The topological polar surface area (TPSA) is 64.0 Å². The van der Waals surface area contributed by atoms with E-state index in [1.54, 1.807) is 17.6 Å². The van der Waals surface area contributed by atoms with Crippen LogP contribution >= 0.6 is 11.3 Å². The smallest absolute Gasteiger partial charge is 0.252 e. The van der Waals surface area contributed by atoms with Gasteiger partial charge in [0.15, 0.2) is 5.13 Å². The quantitative estimate of drug-likeness (QED) is 0.549. The van der Waals surface area contributed by atoms with Crippen molar-refractivity contribution in [1.82, 2.24) is 9.55 Å². The highest BCUT2D eigenvalue weighted by molar-refractivity contribution is 7.22. The van der Waals surface area contributed by atoms with Crippen molar-refractivity contribution in [3.63, 3.8) is 0 Å². The number of fused-ring (bicyclic) bond motifs is 2. The van der Waals surface area contributed by atoms with E-state index in [9.17, 15) is 9.59 Å². The Balaban J connectivity index is 1.73. The number of rotatable bonds is 3. The molecule has 2 heterocycles. The number of carbonyl (C=O) groups excluding carboxylic acids is 1. The summed E-state index contributed by atoms with van der Waals surface area (Å²) in [5.74, 6) is -0.258. The third-order valence-electron chi connectivity index (χ3n) is 5.02. The molecule has 0 aliphatic rings. The molecule has 5 nitrogen and oxygen atoms in total. The van der Waals surface area contributed by atoms with Crippen LogP contribution in [0.2, 0.25) is 0 Å². The highest BCUT2D eigenvalue weighted by Crippen LogP contribution is 2.28. The monoisotopic (exact) mass is 391 g/mol. The summed E-state index contributed by atoms with van der Waals surface area (Å²) in [6.45, 7) is 7.64. The Bertz CT molecular complexity index is 1290. The van der Waals surface area contributed by atoms with E-state index >= 15 is 0 Å². The molecule has 1 atom stereocenters.